The van der Waals surface area contributed by atoms with Gasteiger partial charge in [-0.15, -0.1) is 0 Å². The second-order valence-corrected chi connectivity index (χ2v) is 5.99. The van der Waals surface area contributed by atoms with Gasteiger partial charge in [-0.05, 0) is 40.2 Å². The SMILES string of the molecule is CN(OCCNC(=O)[C@@H](N)CCCCN)C(=O)OC(C)(C)C. The Hall–Kier alpha value is -1.38. The van der Waals surface area contributed by atoms with Crippen molar-refractivity contribution in [1.82, 2.24) is 10.4 Å². The average molecular weight is 318 g/mol. The molecule has 0 aromatic carbocycles. The lowest BCUT2D eigenvalue weighted by Gasteiger charge is -2.24. The van der Waals surface area contributed by atoms with Crippen LogP contribution in [0.25, 0.3) is 0 Å². The van der Waals surface area contributed by atoms with E-state index in [-0.39, 0.29) is 19.1 Å². The molecule has 0 saturated heterocycles. The summed E-state index contributed by atoms with van der Waals surface area (Å²) in [6.07, 6.45) is 1.69. The monoisotopic (exact) mass is 318 g/mol. The Labute approximate surface area is 132 Å². The largest absolute Gasteiger partial charge is 0.442 e. The van der Waals surface area contributed by atoms with E-state index in [1.165, 1.54) is 7.05 Å². The Kier molecular flexibility index (Phi) is 9.71. The molecular formula is C14H30N4O4. The first-order chi connectivity index (χ1) is 10.2. The molecule has 130 valence electrons. The summed E-state index contributed by atoms with van der Waals surface area (Å²) in [5.41, 5.74) is 10.5. The minimum Gasteiger partial charge on any atom is -0.442 e. The molecule has 22 heavy (non-hydrogen) atoms. The molecule has 0 spiro atoms. The van der Waals surface area contributed by atoms with Gasteiger partial charge in [0.05, 0.1) is 12.6 Å². The molecule has 0 aliphatic carbocycles. The summed E-state index contributed by atoms with van der Waals surface area (Å²) < 4.78 is 5.12. The Morgan fingerprint density at radius 1 is 1.27 bits per heavy atom. The number of hydroxylamine groups is 2. The minimum atomic E-state index is -0.586. The van der Waals surface area contributed by atoms with Crippen LogP contribution in [0.2, 0.25) is 0 Å². The molecule has 0 rings (SSSR count). The lowest BCUT2D eigenvalue weighted by Crippen LogP contribution is -2.42. The lowest BCUT2D eigenvalue weighted by atomic mass is 10.1. The molecule has 0 fully saturated rings. The number of nitrogens with two attached hydrogens (primary N) is 2. The lowest BCUT2D eigenvalue weighted by molar-refractivity contribution is -0.133. The van der Waals surface area contributed by atoms with Gasteiger partial charge >= 0.3 is 6.09 Å². The van der Waals surface area contributed by atoms with Gasteiger partial charge in [0, 0.05) is 13.6 Å². The van der Waals surface area contributed by atoms with Crippen molar-refractivity contribution in [2.45, 2.75) is 51.7 Å². The van der Waals surface area contributed by atoms with Crippen LogP contribution in [0.15, 0.2) is 0 Å². The van der Waals surface area contributed by atoms with E-state index in [0.717, 1.165) is 17.9 Å². The maximum Gasteiger partial charge on any atom is 0.434 e. The summed E-state index contributed by atoms with van der Waals surface area (Å²) in [7, 11) is 1.45. The molecule has 0 unspecified atom stereocenters. The number of nitrogens with one attached hydrogen (secondary N) is 1. The predicted molar refractivity (Wildman–Crippen MR) is 83.8 cm³/mol. The van der Waals surface area contributed by atoms with Crippen LogP contribution < -0.4 is 16.8 Å². The molecule has 8 nitrogen and oxygen atoms in total. The van der Waals surface area contributed by atoms with Gasteiger partial charge < -0.3 is 21.5 Å². The molecule has 0 heterocycles. The third-order valence-electron chi connectivity index (χ3n) is 2.64. The molecule has 8 heteroatoms. The third-order valence-corrected chi connectivity index (χ3v) is 2.64. The van der Waals surface area contributed by atoms with Gasteiger partial charge in [0.1, 0.15) is 5.60 Å². The van der Waals surface area contributed by atoms with Gasteiger partial charge in [-0.25, -0.2) is 4.79 Å². The molecule has 2 amide bonds. The maximum absolute atomic E-state index is 11.7. The highest BCUT2D eigenvalue weighted by Crippen LogP contribution is 2.09. The van der Waals surface area contributed by atoms with E-state index in [0.29, 0.717) is 13.0 Å². The van der Waals surface area contributed by atoms with E-state index in [1.807, 2.05) is 0 Å². The number of hydrogen-bond donors (Lipinski definition) is 3. The quantitative estimate of drug-likeness (QED) is 0.417. The molecule has 0 radical (unpaired) electrons. The first-order valence-corrected chi connectivity index (χ1v) is 7.50. The average Bonchev–Trinajstić information content (AvgIpc) is 2.41. The zero-order valence-corrected chi connectivity index (χ0v) is 14.1. The molecule has 0 bridgehead atoms. The smallest absolute Gasteiger partial charge is 0.434 e. The molecular weight excluding hydrogens is 288 g/mol. The van der Waals surface area contributed by atoms with Gasteiger partial charge in [-0.3, -0.25) is 9.63 Å². The fraction of sp³-hybridized carbons (Fsp3) is 0.857. The Morgan fingerprint density at radius 3 is 2.45 bits per heavy atom. The topological polar surface area (TPSA) is 120 Å². The standard InChI is InChI=1S/C14H30N4O4/c1-14(2,3)22-13(20)18(4)21-10-9-17-12(19)11(16)7-5-6-8-15/h11H,5-10,15-16H2,1-4H3,(H,17,19)/t11-/m0/s1. The van der Waals surface area contributed by atoms with Crippen molar-refractivity contribution >= 4 is 12.0 Å². The van der Waals surface area contributed by atoms with Crippen molar-refractivity contribution in [3.05, 3.63) is 0 Å². The molecule has 0 aromatic heterocycles. The highest BCUT2D eigenvalue weighted by atomic mass is 16.7. The summed E-state index contributed by atoms with van der Waals surface area (Å²) in [5.74, 6) is -0.236. The molecule has 0 saturated carbocycles. The fourth-order valence-corrected chi connectivity index (χ4v) is 1.51. The Balaban J connectivity index is 3.83. The summed E-state index contributed by atoms with van der Waals surface area (Å²) in [5, 5.41) is 3.65. The molecule has 5 N–H and O–H groups in total. The first-order valence-electron chi connectivity index (χ1n) is 7.50. The second kappa shape index (κ2) is 10.4. The minimum absolute atomic E-state index is 0.150. The highest BCUT2D eigenvalue weighted by Gasteiger charge is 2.20. The Morgan fingerprint density at radius 2 is 1.91 bits per heavy atom. The number of rotatable bonds is 9. The number of unbranched alkanes of at least 4 members (excludes halogenated alkanes) is 1. The van der Waals surface area contributed by atoms with Gasteiger partial charge in [-0.2, -0.15) is 5.06 Å². The van der Waals surface area contributed by atoms with Crippen LogP contribution in [0, 0.1) is 0 Å². The highest BCUT2D eigenvalue weighted by molar-refractivity contribution is 5.81. The number of carbonyl (C=O) groups is 2. The van der Waals surface area contributed by atoms with Crippen molar-refractivity contribution in [2.24, 2.45) is 11.5 Å². The number of ether oxygens (including phenoxy) is 1. The fourth-order valence-electron chi connectivity index (χ4n) is 1.51. The van der Waals surface area contributed by atoms with Crippen molar-refractivity contribution in [2.75, 3.05) is 26.7 Å². The molecule has 0 aliphatic rings. The summed E-state index contributed by atoms with van der Waals surface area (Å²) >= 11 is 0. The van der Waals surface area contributed by atoms with E-state index in [4.69, 9.17) is 21.0 Å². The van der Waals surface area contributed by atoms with Crippen LogP contribution in [0.1, 0.15) is 40.0 Å². The van der Waals surface area contributed by atoms with Crippen LogP contribution in [0.5, 0.6) is 0 Å². The van der Waals surface area contributed by atoms with E-state index >= 15 is 0 Å². The summed E-state index contributed by atoms with van der Waals surface area (Å²) in [4.78, 5) is 28.4. The van der Waals surface area contributed by atoms with E-state index in [9.17, 15) is 9.59 Å². The van der Waals surface area contributed by atoms with Crippen LogP contribution in [-0.2, 0) is 14.4 Å². The van der Waals surface area contributed by atoms with Gasteiger partial charge in [0.15, 0.2) is 0 Å². The normalized spacial score (nSPS) is 12.6. The zero-order chi connectivity index (χ0) is 17.2. The van der Waals surface area contributed by atoms with Crippen LogP contribution in [0.3, 0.4) is 0 Å². The summed E-state index contributed by atoms with van der Waals surface area (Å²) in [6.45, 7) is 6.31. The number of nitrogens with zero attached hydrogens (tertiary/aromatic N) is 1. The van der Waals surface area contributed by atoms with Crippen molar-refractivity contribution < 1.29 is 19.2 Å². The van der Waals surface area contributed by atoms with Gasteiger partial charge in [0.25, 0.3) is 0 Å². The van der Waals surface area contributed by atoms with Crippen LogP contribution >= 0.6 is 0 Å². The zero-order valence-electron chi connectivity index (χ0n) is 14.1. The van der Waals surface area contributed by atoms with E-state index in [1.54, 1.807) is 20.8 Å². The number of carbonyl (C=O) groups excluding carboxylic acids is 2. The maximum atomic E-state index is 11.7. The molecule has 0 aliphatic heterocycles. The molecule has 0 aromatic rings. The van der Waals surface area contributed by atoms with Gasteiger partial charge in [-0.1, -0.05) is 6.42 Å². The van der Waals surface area contributed by atoms with Crippen molar-refractivity contribution in [3.63, 3.8) is 0 Å². The van der Waals surface area contributed by atoms with Crippen molar-refractivity contribution in [1.29, 1.82) is 0 Å². The van der Waals surface area contributed by atoms with E-state index < -0.39 is 17.7 Å². The number of hydrogen-bond acceptors (Lipinski definition) is 6. The predicted octanol–water partition coefficient (Wildman–Crippen LogP) is 0.357. The van der Waals surface area contributed by atoms with Crippen LogP contribution in [0.4, 0.5) is 4.79 Å². The second-order valence-electron chi connectivity index (χ2n) is 5.99. The van der Waals surface area contributed by atoms with Crippen LogP contribution in [-0.4, -0.2) is 55.5 Å². The Bertz CT molecular complexity index is 344. The third kappa shape index (κ3) is 10.4. The summed E-state index contributed by atoms with van der Waals surface area (Å²) in [6, 6.07) is -0.546. The first kappa shape index (κ1) is 20.6. The van der Waals surface area contributed by atoms with Crippen molar-refractivity contribution in [3.8, 4) is 0 Å². The molecule has 1 atom stereocenters. The van der Waals surface area contributed by atoms with E-state index in [2.05, 4.69) is 5.32 Å². The van der Waals surface area contributed by atoms with Gasteiger partial charge in [0.2, 0.25) is 5.91 Å². The number of amides is 2.